The summed E-state index contributed by atoms with van der Waals surface area (Å²) in [5.74, 6) is 3.20. The Morgan fingerprint density at radius 1 is 0.255 bits per heavy atom. The minimum atomic E-state index is -0.208. The summed E-state index contributed by atoms with van der Waals surface area (Å²) < 4.78 is 38.1. The van der Waals surface area contributed by atoms with Crippen LogP contribution in [0.15, 0.2) is 54.6 Å². The van der Waals surface area contributed by atoms with Crippen molar-refractivity contribution < 1.29 is 42.8 Å². The quantitative estimate of drug-likeness (QED) is 0.0467. The molecule has 0 fully saturated rings. The molecule has 13 nitrogen and oxygen atoms in total. The van der Waals surface area contributed by atoms with Crippen LogP contribution in [0.25, 0.3) is 0 Å². The number of nitrogens with zero attached hydrogens (tertiary/aromatic N) is 1. The van der Waals surface area contributed by atoms with E-state index < -0.39 is 0 Å². The molecule has 0 bridgehead atoms. The van der Waals surface area contributed by atoms with Gasteiger partial charge in [0, 0.05) is 56.0 Å². The number of ether oxygens (including phenoxy) is 6. The highest BCUT2D eigenvalue weighted by Gasteiger charge is 2.18. The first kappa shape index (κ1) is 83.1. The first-order valence-electron chi connectivity index (χ1n) is 39.0. The van der Waals surface area contributed by atoms with Gasteiger partial charge in [0.2, 0.25) is 0 Å². The molecule has 0 aliphatic rings. The average molecular weight is 1310 g/mol. The first-order valence-corrected chi connectivity index (χ1v) is 39.0. The number of carbonyl (C=O) groups is 3. The smallest absolute Gasteiger partial charge is 0.251 e. The van der Waals surface area contributed by atoms with Crippen LogP contribution < -0.4 is 44.4 Å². The van der Waals surface area contributed by atoms with Crippen LogP contribution >= 0.6 is 0 Å². The van der Waals surface area contributed by atoms with Gasteiger partial charge >= 0.3 is 0 Å². The largest absolute Gasteiger partial charge is 0.490 e. The summed E-state index contributed by atoms with van der Waals surface area (Å²) in [6.07, 6.45) is 50.1. The zero-order valence-corrected chi connectivity index (χ0v) is 61.0. The summed E-state index contributed by atoms with van der Waals surface area (Å²) >= 11 is 0. The third-order valence-electron chi connectivity index (χ3n) is 17.8. The predicted molar refractivity (Wildman–Crippen MR) is 394 cm³/mol. The number of carbonyl (C=O) groups excluding carboxylic acids is 3. The fourth-order valence-corrected chi connectivity index (χ4v) is 11.7. The second kappa shape index (κ2) is 59.1. The number of rotatable bonds is 66. The molecule has 0 spiro atoms. The number of benzene rings is 3. The highest BCUT2D eigenvalue weighted by atomic mass is 16.5. The zero-order valence-electron chi connectivity index (χ0n) is 61.0. The highest BCUT2D eigenvalue weighted by molar-refractivity contribution is 5.96. The molecule has 3 aromatic rings. The molecular formula is C81H138N4O9. The van der Waals surface area contributed by atoms with E-state index in [1.54, 1.807) is 0 Å². The summed E-state index contributed by atoms with van der Waals surface area (Å²) in [4.78, 5) is 44.2. The molecule has 0 aliphatic carbocycles. The minimum absolute atomic E-state index is 0.208. The molecule has 0 radical (unpaired) electrons. The Hall–Kier alpha value is -5.17. The van der Waals surface area contributed by atoms with Gasteiger partial charge in [0.05, 0.1) is 39.6 Å². The first-order chi connectivity index (χ1) is 46.3. The van der Waals surface area contributed by atoms with E-state index in [1.807, 2.05) is 54.6 Å². The average Bonchev–Trinajstić information content (AvgIpc) is 1.01. The van der Waals surface area contributed by atoms with Gasteiger partial charge in [-0.3, -0.25) is 19.3 Å². The summed E-state index contributed by atoms with van der Waals surface area (Å²) in [5, 5.41) is 9.49. The maximum Gasteiger partial charge on any atom is 0.251 e. The van der Waals surface area contributed by atoms with Crippen molar-refractivity contribution >= 4 is 17.7 Å². The molecule has 94 heavy (non-hydrogen) atoms. The Balaban J connectivity index is 1.78. The predicted octanol–water partition coefficient (Wildman–Crippen LogP) is 21.4. The van der Waals surface area contributed by atoms with Crippen molar-refractivity contribution in [2.75, 3.05) is 78.9 Å². The van der Waals surface area contributed by atoms with Gasteiger partial charge < -0.3 is 44.4 Å². The van der Waals surface area contributed by atoms with E-state index in [4.69, 9.17) is 28.4 Å². The minimum Gasteiger partial charge on any atom is -0.490 e. The van der Waals surface area contributed by atoms with Gasteiger partial charge in [0.15, 0.2) is 34.5 Å². The van der Waals surface area contributed by atoms with Crippen LogP contribution in [0.3, 0.4) is 0 Å². The Morgan fingerprint density at radius 2 is 0.436 bits per heavy atom. The Bertz CT molecular complexity index is 2060. The SMILES string of the molecule is CCCCCCCCCOc1ccc(C(=O)NCCN(CCNC(=O)c2ccc(OCCCCCCCCC)c(OCCCCCCCCC)c2)CCNC(=O)c2ccc(OCCCCCCCCC)c(OCCCCCCCCC)c2)cc1OCCCCCCCCC. The van der Waals surface area contributed by atoms with Crippen LogP contribution in [0.2, 0.25) is 0 Å². The van der Waals surface area contributed by atoms with E-state index in [9.17, 15) is 14.4 Å². The molecule has 0 aliphatic heterocycles. The van der Waals surface area contributed by atoms with Gasteiger partial charge in [-0.1, -0.05) is 273 Å². The van der Waals surface area contributed by atoms with E-state index in [-0.39, 0.29) is 17.7 Å². The maximum atomic E-state index is 14.0. The van der Waals surface area contributed by atoms with Gasteiger partial charge in [-0.05, 0) is 93.1 Å². The highest BCUT2D eigenvalue weighted by Crippen LogP contribution is 2.32. The molecule has 0 atom stereocenters. The molecule has 3 N–H and O–H groups in total. The number of unbranched alkanes of at least 4 members (excludes halogenated alkanes) is 36. The second-order valence-corrected chi connectivity index (χ2v) is 26.4. The summed E-state index contributed by atoms with van der Waals surface area (Å²) in [6.45, 7) is 19.4. The lowest BCUT2D eigenvalue weighted by molar-refractivity contribution is 0.0948. The van der Waals surface area contributed by atoms with Crippen molar-refractivity contribution in [1.29, 1.82) is 0 Å². The van der Waals surface area contributed by atoms with E-state index in [0.29, 0.717) is 130 Å². The fourth-order valence-electron chi connectivity index (χ4n) is 11.7. The monoisotopic (exact) mass is 1310 g/mol. The number of hydrogen-bond donors (Lipinski definition) is 3. The molecule has 536 valence electrons. The molecule has 0 heterocycles. The van der Waals surface area contributed by atoms with Crippen LogP contribution in [-0.4, -0.2) is 102 Å². The number of hydrogen-bond acceptors (Lipinski definition) is 10. The van der Waals surface area contributed by atoms with E-state index >= 15 is 0 Å². The summed E-state index contributed by atoms with van der Waals surface area (Å²) in [5.41, 5.74) is 1.51. The third kappa shape index (κ3) is 41.7. The lowest BCUT2D eigenvalue weighted by Crippen LogP contribution is -2.43. The second-order valence-electron chi connectivity index (χ2n) is 26.4. The van der Waals surface area contributed by atoms with Crippen LogP contribution in [0.5, 0.6) is 34.5 Å². The molecule has 0 saturated carbocycles. The maximum absolute atomic E-state index is 14.0. The van der Waals surface area contributed by atoms with Gasteiger partial charge in [0.1, 0.15) is 0 Å². The van der Waals surface area contributed by atoms with Crippen LogP contribution in [0.1, 0.15) is 342 Å². The summed E-state index contributed by atoms with van der Waals surface area (Å²) in [6, 6.07) is 16.6. The Labute approximate surface area is 574 Å². The van der Waals surface area contributed by atoms with Gasteiger partial charge in [-0.2, -0.15) is 0 Å². The third-order valence-corrected chi connectivity index (χ3v) is 17.8. The molecule has 0 aromatic heterocycles. The Kier molecular flexibility index (Phi) is 52.2. The molecule has 0 unspecified atom stereocenters. The van der Waals surface area contributed by atoms with Crippen molar-refractivity contribution in [1.82, 2.24) is 20.9 Å². The van der Waals surface area contributed by atoms with Crippen molar-refractivity contribution in [2.24, 2.45) is 0 Å². The Morgan fingerprint density at radius 3 is 0.638 bits per heavy atom. The molecule has 3 rings (SSSR count). The van der Waals surface area contributed by atoms with E-state index in [2.05, 4.69) is 62.4 Å². The van der Waals surface area contributed by atoms with Crippen LogP contribution in [0.4, 0.5) is 0 Å². The van der Waals surface area contributed by atoms with Crippen molar-refractivity contribution in [2.45, 2.75) is 311 Å². The van der Waals surface area contributed by atoms with Crippen molar-refractivity contribution in [3.8, 4) is 34.5 Å². The van der Waals surface area contributed by atoms with Gasteiger partial charge in [-0.25, -0.2) is 0 Å². The van der Waals surface area contributed by atoms with Crippen molar-refractivity contribution in [3.05, 3.63) is 71.3 Å². The zero-order chi connectivity index (χ0) is 67.4. The lowest BCUT2D eigenvalue weighted by atomic mass is 10.1. The molecule has 3 amide bonds. The van der Waals surface area contributed by atoms with Crippen LogP contribution in [-0.2, 0) is 0 Å². The number of amides is 3. The van der Waals surface area contributed by atoms with E-state index in [1.165, 1.54) is 193 Å². The van der Waals surface area contributed by atoms with Crippen molar-refractivity contribution in [3.63, 3.8) is 0 Å². The van der Waals surface area contributed by atoms with Crippen LogP contribution in [0, 0.1) is 0 Å². The van der Waals surface area contributed by atoms with Gasteiger partial charge in [0.25, 0.3) is 17.7 Å². The van der Waals surface area contributed by atoms with E-state index in [0.717, 1.165) is 77.0 Å². The summed E-state index contributed by atoms with van der Waals surface area (Å²) in [7, 11) is 0. The molecule has 0 saturated heterocycles. The topological polar surface area (TPSA) is 146 Å². The standard InChI is InChI=1S/C81H138N4O9/c1-7-13-19-25-31-37-43-61-89-73-52-49-70(67-76(73)92-64-46-40-34-28-22-16-10-4)79(86)82-55-58-85(59-56-83-80(87)71-50-53-74(90-62-44-38-32-26-20-14-8-2)77(68-71)93-65-47-41-35-29-23-17-11-5)60-57-84-81(88)72-51-54-75(91-63-45-39-33-27-21-15-9-3)78(69-72)94-66-48-42-36-30-24-18-12-6/h49-54,67-69H,7-48,55-66H2,1-6H3,(H,82,86)(H,83,87)(H,84,88). The normalized spacial score (nSPS) is 11.3. The molecule has 3 aromatic carbocycles. The number of nitrogens with one attached hydrogen (secondary N) is 3. The fraction of sp³-hybridized carbons (Fsp3) is 0.741. The molecule has 13 heteroatoms. The lowest BCUT2D eigenvalue weighted by Gasteiger charge is -2.23. The van der Waals surface area contributed by atoms with Gasteiger partial charge in [-0.15, -0.1) is 0 Å². The molecular weight excluding hydrogens is 1170 g/mol.